The van der Waals surface area contributed by atoms with Crippen LogP contribution >= 0.6 is 0 Å². The molecule has 2 heterocycles. The maximum atomic E-state index is 5.20. The molecule has 114 valence electrons. The van der Waals surface area contributed by atoms with E-state index in [2.05, 4.69) is 39.5 Å². The highest BCUT2D eigenvalue weighted by Gasteiger charge is 2.13. The quantitative estimate of drug-likeness (QED) is 0.691. The van der Waals surface area contributed by atoms with Gasteiger partial charge in [-0.2, -0.15) is 4.98 Å². The molecule has 2 aromatic heterocycles. The summed E-state index contributed by atoms with van der Waals surface area (Å²) in [6, 6.07) is 8.19. The van der Waals surface area contributed by atoms with Gasteiger partial charge in [0.2, 0.25) is 0 Å². The van der Waals surface area contributed by atoms with Crippen molar-refractivity contribution >= 4 is 0 Å². The van der Waals surface area contributed by atoms with Gasteiger partial charge in [-0.15, -0.1) is 5.10 Å². The molecule has 0 aliphatic rings. The first-order valence-electron chi connectivity index (χ1n) is 7.03. The van der Waals surface area contributed by atoms with Crippen molar-refractivity contribution in [3.63, 3.8) is 0 Å². The van der Waals surface area contributed by atoms with Crippen molar-refractivity contribution in [1.82, 2.24) is 25.1 Å². The van der Waals surface area contributed by atoms with Crippen LogP contribution in [0.1, 0.15) is 17.0 Å². The molecule has 0 unspecified atom stereocenters. The van der Waals surface area contributed by atoms with E-state index in [1.807, 2.05) is 12.1 Å². The minimum atomic E-state index is 0.377. The lowest BCUT2D eigenvalue weighted by molar-refractivity contribution is 0.199. The average Bonchev–Trinajstić information content (AvgIpc) is 3.16. The van der Waals surface area contributed by atoms with Crippen molar-refractivity contribution < 1.29 is 9.26 Å². The zero-order valence-electron chi connectivity index (χ0n) is 12.6. The van der Waals surface area contributed by atoms with E-state index in [9.17, 15) is 0 Å². The lowest BCUT2D eigenvalue weighted by atomic mass is 10.1. The second-order valence-corrected chi connectivity index (χ2v) is 4.99. The highest BCUT2D eigenvalue weighted by Crippen LogP contribution is 2.15. The molecule has 0 amide bonds. The molecule has 0 aliphatic heterocycles. The van der Waals surface area contributed by atoms with Gasteiger partial charge >= 0.3 is 0 Å². The molecule has 7 nitrogen and oxygen atoms in total. The van der Waals surface area contributed by atoms with Crippen LogP contribution in [-0.2, 0) is 17.7 Å². The van der Waals surface area contributed by atoms with Crippen molar-refractivity contribution in [3.05, 3.63) is 47.4 Å². The average molecular weight is 299 g/mol. The second-order valence-electron chi connectivity index (χ2n) is 4.99. The Morgan fingerprint density at radius 3 is 2.95 bits per heavy atom. The Morgan fingerprint density at radius 2 is 2.14 bits per heavy atom. The Kier molecular flexibility index (Phi) is 4.24. The van der Waals surface area contributed by atoms with E-state index in [0.29, 0.717) is 37.0 Å². The van der Waals surface area contributed by atoms with Gasteiger partial charge in [-0.1, -0.05) is 34.6 Å². The van der Waals surface area contributed by atoms with Crippen LogP contribution in [0.4, 0.5) is 0 Å². The number of methoxy groups -OCH3 is 1. The van der Waals surface area contributed by atoms with Crippen LogP contribution in [-0.4, -0.2) is 38.9 Å². The van der Waals surface area contributed by atoms with Gasteiger partial charge in [-0.25, -0.2) is 4.68 Å². The van der Waals surface area contributed by atoms with E-state index in [4.69, 9.17) is 9.26 Å². The Balaban J connectivity index is 1.73. The van der Waals surface area contributed by atoms with Gasteiger partial charge in [0.1, 0.15) is 0 Å². The van der Waals surface area contributed by atoms with Gasteiger partial charge in [-0.05, 0) is 18.1 Å². The third-order valence-corrected chi connectivity index (χ3v) is 3.35. The van der Waals surface area contributed by atoms with Gasteiger partial charge in [0.15, 0.2) is 11.5 Å². The van der Waals surface area contributed by atoms with Crippen LogP contribution in [0.2, 0.25) is 0 Å². The van der Waals surface area contributed by atoms with Gasteiger partial charge in [0.25, 0.3) is 5.89 Å². The smallest absolute Gasteiger partial charge is 0.280 e. The summed E-state index contributed by atoms with van der Waals surface area (Å²) in [6.45, 7) is 3.29. The molecule has 3 aromatic rings. The van der Waals surface area contributed by atoms with E-state index in [0.717, 1.165) is 0 Å². The Morgan fingerprint density at radius 1 is 1.27 bits per heavy atom. The molecule has 3 rings (SSSR count). The zero-order chi connectivity index (χ0) is 15.4. The van der Waals surface area contributed by atoms with Crippen molar-refractivity contribution in [2.24, 2.45) is 0 Å². The molecular weight excluding hydrogens is 282 g/mol. The topological polar surface area (TPSA) is 78.9 Å². The first-order valence-corrected chi connectivity index (χ1v) is 7.03. The number of hydrogen-bond donors (Lipinski definition) is 0. The van der Waals surface area contributed by atoms with Crippen molar-refractivity contribution in [3.8, 4) is 11.6 Å². The van der Waals surface area contributed by atoms with Crippen molar-refractivity contribution in [1.29, 1.82) is 0 Å². The maximum absolute atomic E-state index is 5.20. The van der Waals surface area contributed by atoms with Crippen LogP contribution < -0.4 is 0 Å². The van der Waals surface area contributed by atoms with Crippen LogP contribution in [0.5, 0.6) is 0 Å². The normalized spacial score (nSPS) is 11.0. The number of hydrogen-bond acceptors (Lipinski definition) is 6. The van der Waals surface area contributed by atoms with E-state index < -0.39 is 0 Å². The summed E-state index contributed by atoms with van der Waals surface area (Å²) in [6.07, 6.45) is 2.41. The summed E-state index contributed by atoms with van der Waals surface area (Å²) < 4.78 is 12.0. The number of benzene rings is 1. The second kappa shape index (κ2) is 6.48. The third-order valence-electron chi connectivity index (χ3n) is 3.35. The monoisotopic (exact) mass is 299 g/mol. The summed E-state index contributed by atoms with van der Waals surface area (Å²) in [5.74, 6) is 0.979. The minimum absolute atomic E-state index is 0.377. The van der Waals surface area contributed by atoms with Gasteiger partial charge < -0.3 is 9.26 Å². The highest BCUT2D eigenvalue weighted by atomic mass is 16.5. The Bertz CT molecular complexity index is 750. The summed E-state index contributed by atoms with van der Waals surface area (Å²) in [4.78, 5) is 4.28. The first-order chi connectivity index (χ1) is 10.8. The highest BCUT2D eigenvalue weighted by molar-refractivity contribution is 5.43. The summed E-state index contributed by atoms with van der Waals surface area (Å²) in [5.41, 5.74) is 2.99. The van der Waals surface area contributed by atoms with Gasteiger partial charge in [0, 0.05) is 13.5 Å². The van der Waals surface area contributed by atoms with Crippen LogP contribution in [0.25, 0.3) is 11.6 Å². The van der Waals surface area contributed by atoms with E-state index in [-0.39, 0.29) is 0 Å². The Labute approximate surface area is 127 Å². The lowest BCUT2D eigenvalue weighted by Crippen LogP contribution is -2.01. The maximum Gasteiger partial charge on any atom is 0.280 e. The molecule has 0 fully saturated rings. The molecule has 22 heavy (non-hydrogen) atoms. The largest absolute Gasteiger partial charge is 0.384 e. The summed E-state index contributed by atoms with van der Waals surface area (Å²) in [5, 5.41) is 12.1. The number of nitrogens with zero attached hydrogens (tertiary/aromatic N) is 5. The van der Waals surface area contributed by atoms with Crippen molar-refractivity contribution in [2.45, 2.75) is 19.9 Å². The number of rotatable bonds is 6. The Hall–Kier alpha value is -2.54. The molecule has 0 saturated heterocycles. The summed E-state index contributed by atoms with van der Waals surface area (Å²) in [7, 11) is 1.64. The third kappa shape index (κ3) is 3.20. The molecule has 0 bridgehead atoms. The lowest BCUT2D eigenvalue weighted by Gasteiger charge is -2.03. The molecule has 0 N–H and O–H groups in total. The molecule has 1 aromatic carbocycles. The molecule has 0 radical (unpaired) electrons. The van der Waals surface area contributed by atoms with Crippen molar-refractivity contribution in [2.75, 3.05) is 13.7 Å². The summed E-state index contributed by atoms with van der Waals surface area (Å²) >= 11 is 0. The van der Waals surface area contributed by atoms with E-state index in [1.54, 1.807) is 18.0 Å². The molecule has 0 saturated carbocycles. The first kappa shape index (κ1) is 14.4. The molecule has 7 heteroatoms. The molecule has 0 atom stereocenters. The number of aromatic nitrogens is 5. The van der Waals surface area contributed by atoms with E-state index >= 15 is 0 Å². The zero-order valence-corrected chi connectivity index (χ0v) is 12.6. The van der Waals surface area contributed by atoms with Crippen LogP contribution in [0.3, 0.4) is 0 Å². The van der Waals surface area contributed by atoms with Crippen LogP contribution in [0.15, 0.2) is 35.0 Å². The number of ether oxygens (including phenoxy) is 1. The predicted molar refractivity (Wildman–Crippen MR) is 79.2 cm³/mol. The van der Waals surface area contributed by atoms with E-state index in [1.165, 1.54) is 11.1 Å². The minimum Gasteiger partial charge on any atom is -0.384 e. The predicted octanol–water partition coefficient (Wildman–Crippen LogP) is 1.87. The number of aryl methyl sites for hydroxylation is 1. The van der Waals surface area contributed by atoms with Gasteiger partial charge in [0.05, 0.1) is 19.3 Å². The van der Waals surface area contributed by atoms with Crippen LogP contribution in [0, 0.1) is 6.92 Å². The fourth-order valence-corrected chi connectivity index (χ4v) is 2.09. The molecule has 0 spiro atoms. The fourth-order valence-electron chi connectivity index (χ4n) is 2.09. The molecule has 0 aliphatic carbocycles. The fraction of sp³-hybridized carbons (Fsp3) is 0.333. The SMILES string of the molecule is COCCc1noc(-c2cn(Cc3ccccc3C)nn2)n1. The standard InChI is InChI=1S/C15H17N5O2/c1-11-5-3-4-6-12(11)9-20-10-13(17-19-20)15-16-14(18-22-15)7-8-21-2/h3-6,10H,7-9H2,1-2H3. The molecular formula is C15H17N5O2. The van der Waals surface area contributed by atoms with Gasteiger partial charge in [-0.3, -0.25) is 0 Å².